The van der Waals surface area contributed by atoms with Crippen molar-refractivity contribution in [3.05, 3.63) is 36.5 Å². The lowest BCUT2D eigenvalue weighted by atomic mass is 10.5. The summed E-state index contributed by atoms with van der Waals surface area (Å²) in [5.74, 6) is -7.54. The van der Waals surface area contributed by atoms with Gasteiger partial charge < -0.3 is 52.7 Å². The van der Waals surface area contributed by atoms with Crippen LogP contribution in [0.4, 0.5) is 0 Å². The largest absolute Gasteiger partial charge is 0.478 e. The van der Waals surface area contributed by atoms with E-state index in [-0.39, 0.29) is 0 Å². The highest BCUT2D eigenvalue weighted by Gasteiger charge is 1.89. The van der Waals surface area contributed by atoms with E-state index in [9.17, 15) is 28.8 Å². The minimum Gasteiger partial charge on any atom is -0.478 e. The molecule has 0 saturated heterocycles. The number of aliphatic carboxylic acids is 6. The van der Waals surface area contributed by atoms with Gasteiger partial charge in [0.2, 0.25) is 0 Å². The molecule has 0 rings (SSSR count). The molecule has 0 fully saturated rings. The second-order valence-corrected chi connectivity index (χ2v) is 5.11. The first kappa shape index (κ1) is 37.2. The summed E-state index contributed by atoms with van der Waals surface area (Å²) in [6.45, 7) is 5.14. The molecule has 0 spiro atoms. The Balaban J connectivity index is -0.000000177. The first-order valence-electron chi connectivity index (χ1n) is 9.03. The van der Waals surface area contributed by atoms with E-state index in [1.54, 1.807) is 0 Å². The molecule has 0 aliphatic heterocycles. The Morgan fingerprint density at radius 1 is 0.441 bits per heavy atom. The van der Waals surface area contributed by atoms with Gasteiger partial charge in [-0.3, -0.25) is 0 Å². The summed E-state index contributed by atoms with van der Waals surface area (Å²) in [5, 5.41) is 53.2. The quantitative estimate of drug-likeness (QED) is 0.0913. The van der Waals surface area contributed by atoms with Crippen LogP contribution in [0.1, 0.15) is 0 Å². The highest BCUT2D eigenvalue weighted by atomic mass is 16.4. The second kappa shape index (κ2) is 28.9. The molecule has 0 aliphatic rings. The molecule has 0 aromatic heterocycles. The molecular weight excluding hydrogens is 464 g/mol. The summed E-state index contributed by atoms with van der Waals surface area (Å²) in [4.78, 5) is 57.3. The van der Waals surface area contributed by atoms with Gasteiger partial charge in [0.15, 0.2) is 0 Å². The van der Waals surface area contributed by atoms with Crippen LogP contribution in [0.25, 0.3) is 0 Å². The average Bonchev–Trinajstić information content (AvgIpc) is 2.73. The zero-order chi connectivity index (χ0) is 27.4. The van der Waals surface area contributed by atoms with Crippen molar-refractivity contribution < 1.29 is 59.4 Å². The Morgan fingerprint density at radius 2 is 0.618 bits per heavy atom. The Bertz CT molecular complexity index is 568. The first-order valence-corrected chi connectivity index (χ1v) is 9.03. The molecule has 0 amide bonds. The lowest BCUT2D eigenvalue weighted by Gasteiger charge is -2.03. The third-order valence-electron chi connectivity index (χ3n) is 2.23. The summed E-state index contributed by atoms with van der Waals surface area (Å²) >= 11 is 0. The van der Waals surface area contributed by atoms with E-state index in [1.807, 2.05) is 0 Å². The predicted molar refractivity (Wildman–Crippen MR) is 117 cm³/mol. The van der Waals surface area contributed by atoms with Gasteiger partial charge in [0.25, 0.3) is 0 Å². The van der Waals surface area contributed by atoms with Crippen molar-refractivity contribution in [1.82, 2.24) is 10.6 Å². The zero-order valence-corrected chi connectivity index (χ0v) is 18.0. The second-order valence-electron chi connectivity index (χ2n) is 5.11. The predicted octanol–water partition coefficient (Wildman–Crippen LogP) is -2.78. The molecule has 16 heteroatoms. The smallest absolute Gasteiger partial charge is 0.328 e. The van der Waals surface area contributed by atoms with Crippen molar-refractivity contribution in [2.45, 2.75) is 0 Å². The maximum atomic E-state index is 9.55. The van der Waals surface area contributed by atoms with Crippen LogP contribution in [0.5, 0.6) is 0 Å². The van der Waals surface area contributed by atoms with E-state index in [2.05, 4.69) is 10.6 Å². The van der Waals surface area contributed by atoms with Gasteiger partial charge in [0, 0.05) is 75.7 Å². The minimum atomic E-state index is -1.26. The molecule has 0 unspecified atom stereocenters. The van der Waals surface area contributed by atoms with Gasteiger partial charge in [0.1, 0.15) is 0 Å². The van der Waals surface area contributed by atoms with Crippen molar-refractivity contribution >= 4 is 35.8 Å². The fourth-order valence-corrected chi connectivity index (χ4v) is 1.06. The summed E-state index contributed by atoms with van der Waals surface area (Å²) < 4.78 is 0. The van der Waals surface area contributed by atoms with Crippen molar-refractivity contribution in [2.24, 2.45) is 11.5 Å². The minimum absolute atomic E-state index is 0.558. The molecule has 0 aliphatic carbocycles. The van der Waals surface area contributed by atoms with E-state index < -0.39 is 35.8 Å². The number of carbonyl (C=O) groups is 6. The van der Waals surface area contributed by atoms with Crippen LogP contribution in [-0.4, -0.2) is 106 Å². The molecule has 12 N–H and O–H groups in total. The molecule has 0 saturated carbocycles. The van der Waals surface area contributed by atoms with Crippen molar-refractivity contribution in [2.75, 3.05) is 39.3 Å². The van der Waals surface area contributed by atoms with Gasteiger partial charge in [-0.25, -0.2) is 28.8 Å². The number of nitrogens with two attached hydrogens (primary N) is 2. The fraction of sp³-hybridized carbons (Fsp3) is 0.333. The van der Waals surface area contributed by atoms with Gasteiger partial charge in [-0.1, -0.05) is 0 Å². The van der Waals surface area contributed by atoms with Gasteiger partial charge in [-0.2, -0.15) is 0 Å². The van der Waals surface area contributed by atoms with Gasteiger partial charge in [-0.15, -0.1) is 0 Å². The fourth-order valence-electron chi connectivity index (χ4n) is 1.06. The molecule has 0 bridgehead atoms. The van der Waals surface area contributed by atoms with Crippen LogP contribution in [0.15, 0.2) is 36.5 Å². The van der Waals surface area contributed by atoms with Crippen LogP contribution < -0.4 is 22.1 Å². The van der Waals surface area contributed by atoms with Crippen molar-refractivity contribution in [3.8, 4) is 0 Å². The average molecular weight is 494 g/mol. The lowest BCUT2D eigenvalue weighted by molar-refractivity contribution is -0.134. The molecule has 0 radical (unpaired) electrons. The Kier molecular flexibility index (Phi) is 31.6. The van der Waals surface area contributed by atoms with Crippen LogP contribution >= 0.6 is 0 Å². The maximum Gasteiger partial charge on any atom is 0.328 e. The normalized spacial score (nSPS) is 9.71. The highest BCUT2D eigenvalue weighted by molar-refractivity contribution is 5.90. The number of nitrogens with one attached hydrogen (secondary N) is 2. The van der Waals surface area contributed by atoms with Crippen LogP contribution in [-0.2, 0) is 28.8 Å². The Labute approximate surface area is 193 Å². The van der Waals surface area contributed by atoms with Crippen LogP contribution in [0, 0.1) is 0 Å². The molecule has 34 heavy (non-hydrogen) atoms. The molecule has 0 aromatic carbocycles. The zero-order valence-electron chi connectivity index (χ0n) is 18.0. The molecule has 0 atom stereocenters. The number of carboxylic acid groups (broad SMARTS) is 6. The Morgan fingerprint density at radius 3 is 0.735 bits per heavy atom. The summed E-state index contributed by atoms with van der Waals surface area (Å²) in [6, 6.07) is 0. The third-order valence-corrected chi connectivity index (χ3v) is 2.23. The summed E-state index contributed by atoms with van der Waals surface area (Å²) in [7, 11) is 0. The van der Waals surface area contributed by atoms with E-state index >= 15 is 0 Å². The van der Waals surface area contributed by atoms with Gasteiger partial charge >= 0.3 is 35.8 Å². The van der Waals surface area contributed by atoms with E-state index in [4.69, 9.17) is 42.1 Å². The summed E-state index contributed by atoms with van der Waals surface area (Å²) in [6.07, 6.45) is 3.35. The number of rotatable bonds is 13. The molecular formula is C18H30N4O12. The highest BCUT2D eigenvalue weighted by Crippen LogP contribution is 1.71. The maximum absolute atomic E-state index is 9.55. The lowest BCUT2D eigenvalue weighted by Crippen LogP contribution is -2.32. The van der Waals surface area contributed by atoms with Crippen LogP contribution in [0.3, 0.4) is 0 Å². The van der Waals surface area contributed by atoms with Crippen LogP contribution in [0.2, 0.25) is 0 Å². The van der Waals surface area contributed by atoms with Crippen molar-refractivity contribution in [3.63, 3.8) is 0 Å². The standard InChI is InChI=1S/C6H18N4.3C4H4O4/c7-1-3-9-5-6-10-4-2-8;3*5-3(6)1-2-4(7)8/h9-10H,1-8H2;3*1-2H,(H,5,6)(H,7,8)/b;3*2-1+. The molecule has 16 nitrogen and oxygen atoms in total. The monoisotopic (exact) mass is 494 g/mol. The number of hydrogen-bond acceptors (Lipinski definition) is 10. The SMILES string of the molecule is NCCNCCNCCN.O=C(O)/C=C/C(=O)O.O=C(O)/C=C/C(=O)O.O=C(O)/C=C/C(=O)O. The number of hydrogen-bond donors (Lipinski definition) is 10. The van der Waals surface area contributed by atoms with Gasteiger partial charge in [0.05, 0.1) is 0 Å². The van der Waals surface area contributed by atoms with E-state index in [0.29, 0.717) is 49.5 Å². The molecule has 0 heterocycles. The van der Waals surface area contributed by atoms with E-state index in [1.165, 1.54) is 0 Å². The van der Waals surface area contributed by atoms with Crippen molar-refractivity contribution in [1.29, 1.82) is 0 Å². The first-order chi connectivity index (χ1) is 15.8. The number of carboxylic acids is 6. The Hall–Kier alpha value is -4.12. The summed E-state index contributed by atoms with van der Waals surface area (Å²) in [5.41, 5.74) is 10.5. The van der Waals surface area contributed by atoms with E-state index in [0.717, 1.165) is 26.2 Å². The third kappa shape index (κ3) is 63.0. The topological polar surface area (TPSA) is 300 Å². The molecule has 194 valence electrons. The van der Waals surface area contributed by atoms with Gasteiger partial charge in [-0.05, 0) is 0 Å². The molecule has 0 aromatic rings.